The SMILES string of the molecule is CC/C=C\C/C=C\C/C=C\C/C=C\C/C=C\CCCCCCCCCCCCCCCCCCCCCCCCCCCC(=O)OC(COC(=O)CCCCCCCCCCC/C=C\CCCCCCCCCC)COP(=O)(O)OCCN. The van der Waals surface area contributed by atoms with E-state index in [1.54, 1.807) is 0 Å². The van der Waals surface area contributed by atoms with Gasteiger partial charge in [0, 0.05) is 19.4 Å². The number of unbranched alkanes of at least 4 members (excludes halogenated alkanes) is 42. The first-order valence-corrected chi connectivity index (χ1v) is 36.9. The molecular weight excluding hydrogens is 1050 g/mol. The predicted octanol–water partition coefficient (Wildman–Crippen LogP) is 23.2. The smallest absolute Gasteiger partial charge is 0.462 e. The zero-order valence-corrected chi connectivity index (χ0v) is 55.3. The normalized spacial score (nSPS) is 13.3. The minimum atomic E-state index is -4.39. The fraction of sp³-hybridized carbons (Fsp3) is 0.808. The molecule has 0 aliphatic heterocycles. The summed E-state index contributed by atoms with van der Waals surface area (Å²) in [6, 6.07) is 0. The lowest BCUT2D eigenvalue weighted by Crippen LogP contribution is -2.29. The molecule has 2 atom stereocenters. The third-order valence-electron chi connectivity index (χ3n) is 15.6. The number of ether oxygens (including phenoxy) is 2. The molecule has 3 N–H and O–H groups in total. The Hall–Kier alpha value is -2.55. The van der Waals surface area contributed by atoms with Crippen molar-refractivity contribution in [1.29, 1.82) is 0 Å². The standard InChI is InChI=1S/C73H134NO8P/c1-3-5-7-9-11-13-15-17-19-21-23-25-26-27-28-29-30-31-32-33-34-35-36-37-38-39-40-41-42-43-44-46-48-50-52-54-56-58-60-62-64-66-73(76)82-71(70-81-83(77,78)80-68-67-74)69-79-72(75)65-63-61-59-57-55-53-51-49-47-45-24-22-20-18-16-14-12-10-8-6-4-2/h5,7,11,13,17,19,22-25,27-28,71H,3-4,6,8-10,12,14-16,18,20-21,26,29-70,74H2,1-2H3,(H,77,78)/b7-5-,13-11-,19-17-,24-22-,25-23-,28-27-. The van der Waals surface area contributed by atoms with E-state index >= 15 is 0 Å². The molecule has 0 aliphatic carbocycles. The van der Waals surface area contributed by atoms with Crippen molar-refractivity contribution < 1.29 is 37.6 Å². The maximum absolute atomic E-state index is 12.8. The fourth-order valence-electron chi connectivity index (χ4n) is 10.4. The molecule has 2 unspecified atom stereocenters. The zero-order valence-electron chi connectivity index (χ0n) is 54.4. The molecule has 0 aliphatic rings. The summed E-state index contributed by atoms with van der Waals surface area (Å²) in [5, 5.41) is 0. The topological polar surface area (TPSA) is 134 Å². The van der Waals surface area contributed by atoms with E-state index in [4.69, 9.17) is 24.3 Å². The summed E-state index contributed by atoms with van der Waals surface area (Å²) in [6.45, 7) is 3.68. The Bertz CT molecular complexity index is 1590. The van der Waals surface area contributed by atoms with Gasteiger partial charge in [0.25, 0.3) is 0 Å². The maximum Gasteiger partial charge on any atom is 0.472 e. The van der Waals surface area contributed by atoms with Gasteiger partial charge in [-0.25, -0.2) is 4.57 Å². The average Bonchev–Trinajstić information content (AvgIpc) is 3.49. The molecule has 0 fully saturated rings. The van der Waals surface area contributed by atoms with Gasteiger partial charge in [0.1, 0.15) is 6.61 Å². The maximum atomic E-state index is 12.8. The van der Waals surface area contributed by atoms with Crippen molar-refractivity contribution in [1.82, 2.24) is 0 Å². The number of phosphoric ester groups is 1. The largest absolute Gasteiger partial charge is 0.472 e. The van der Waals surface area contributed by atoms with Gasteiger partial charge in [-0.3, -0.25) is 18.6 Å². The van der Waals surface area contributed by atoms with Crippen LogP contribution in [-0.4, -0.2) is 49.3 Å². The van der Waals surface area contributed by atoms with Gasteiger partial charge in [-0.1, -0.05) is 324 Å². The lowest BCUT2D eigenvalue weighted by atomic mass is 10.0. The molecule has 0 saturated heterocycles. The van der Waals surface area contributed by atoms with Crippen LogP contribution in [0.1, 0.15) is 348 Å². The summed E-state index contributed by atoms with van der Waals surface area (Å²) in [5.74, 6) is -0.813. The Balaban J connectivity index is 3.77. The summed E-state index contributed by atoms with van der Waals surface area (Å²) in [5.41, 5.74) is 5.40. The lowest BCUT2D eigenvalue weighted by molar-refractivity contribution is -0.161. The predicted molar refractivity (Wildman–Crippen MR) is 358 cm³/mol. The van der Waals surface area contributed by atoms with Crippen molar-refractivity contribution in [2.75, 3.05) is 26.4 Å². The minimum absolute atomic E-state index is 0.0541. The van der Waals surface area contributed by atoms with Crippen molar-refractivity contribution in [2.45, 2.75) is 354 Å². The van der Waals surface area contributed by atoms with E-state index in [2.05, 4.69) is 86.8 Å². The molecule has 0 aromatic carbocycles. The molecule has 0 rings (SSSR count). The minimum Gasteiger partial charge on any atom is -0.462 e. The molecule has 9 nitrogen and oxygen atoms in total. The number of rotatable bonds is 67. The van der Waals surface area contributed by atoms with Gasteiger partial charge in [-0.15, -0.1) is 0 Å². The van der Waals surface area contributed by atoms with E-state index in [0.29, 0.717) is 6.42 Å². The first-order chi connectivity index (χ1) is 40.8. The molecule has 0 aromatic rings. The molecule has 0 bridgehead atoms. The van der Waals surface area contributed by atoms with Crippen molar-refractivity contribution in [3.63, 3.8) is 0 Å². The molecule has 0 spiro atoms. The summed E-state index contributed by atoms with van der Waals surface area (Å²) in [4.78, 5) is 35.3. The number of esters is 2. The van der Waals surface area contributed by atoms with Gasteiger partial charge < -0.3 is 20.1 Å². The van der Waals surface area contributed by atoms with Crippen molar-refractivity contribution >= 4 is 19.8 Å². The number of hydrogen-bond donors (Lipinski definition) is 2. The fourth-order valence-corrected chi connectivity index (χ4v) is 11.1. The second-order valence-corrected chi connectivity index (χ2v) is 25.2. The summed E-state index contributed by atoms with van der Waals surface area (Å²) in [7, 11) is -4.39. The number of carbonyl (C=O) groups excluding carboxylic acids is 2. The highest BCUT2D eigenvalue weighted by Crippen LogP contribution is 2.43. The number of allylic oxidation sites excluding steroid dienone is 12. The molecule has 0 radical (unpaired) electrons. The third-order valence-corrected chi connectivity index (χ3v) is 16.6. The van der Waals surface area contributed by atoms with E-state index in [9.17, 15) is 19.0 Å². The van der Waals surface area contributed by atoms with Gasteiger partial charge >= 0.3 is 19.8 Å². The molecule has 484 valence electrons. The summed E-state index contributed by atoms with van der Waals surface area (Å²) < 4.78 is 33.2. The van der Waals surface area contributed by atoms with Crippen LogP contribution >= 0.6 is 7.82 Å². The van der Waals surface area contributed by atoms with E-state index in [-0.39, 0.29) is 38.6 Å². The number of nitrogens with two attached hydrogens (primary N) is 1. The van der Waals surface area contributed by atoms with Crippen LogP contribution in [-0.2, 0) is 32.7 Å². The second kappa shape index (κ2) is 68.6. The first kappa shape index (κ1) is 80.5. The molecule has 83 heavy (non-hydrogen) atoms. The van der Waals surface area contributed by atoms with Crippen molar-refractivity contribution in [3.05, 3.63) is 72.9 Å². The molecule has 0 amide bonds. The molecule has 0 heterocycles. The van der Waals surface area contributed by atoms with Crippen LogP contribution in [0.15, 0.2) is 72.9 Å². The lowest BCUT2D eigenvalue weighted by Gasteiger charge is -2.19. The van der Waals surface area contributed by atoms with Crippen LogP contribution in [0.4, 0.5) is 0 Å². The van der Waals surface area contributed by atoms with Gasteiger partial charge in [0.05, 0.1) is 13.2 Å². The van der Waals surface area contributed by atoms with E-state index in [1.807, 2.05) is 0 Å². The van der Waals surface area contributed by atoms with Crippen LogP contribution in [0.5, 0.6) is 0 Å². The monoisotopic (exact) mass is 1180 g/mol. The van der Waals surface area contributed by atoms with Crippen LogP contribution < -0.4 is 5.73 Å². The van der Waals surface area contributed by atoms with Crippen molar-refractivity contribution in [3.8, 4) is 0 Å². The summed E-state index contributed by atoms with van der Waals surface area (Å²) in [6.07, 6.45) is 90.1. The van der Waals surface area contributed by atoms with E-state index in [0.717, 1.165) is 64.2 Å². The zero-order chi connectivity index (χ0) is 60.1. The van der Waals surface area contributed by atoms with E-state index in [1.165, 1.54) is 250 Å². The van der Waals surface area contributed by atoms with Gasteiger partial charge in [0.2, 0.25) is 0 Å². The van der Waals surface area contributed by atoms with Crippen LogP contribution in [0.3, 0.4) is 0 Å². The Morgan fingerprint density at radius 1 is 0.373 bits per heavy atom. The molecule has 0 aromatic heterocycles. The van der Waals surface area contributed by atoms with E-state index < -0.39 is 26.5 Å². The van der Waals surface area contributed by atoms with Crippen LogP contribution in [0, 0.1) is 0 Å². The second-order valence-electron chi connectivity index (χ2n) is 23.7. The van der Waals surface area contributed by atoms with Gasteiger partial charge in [-0.2, -0.15) is 0 Å². The highest BCUT2D eigenvalue weighted by atomic mass is 31.2. The quantitative estimate of drug-likeness (QED) is 0.0264. The van der Waals surface area contributed by atoms with Crippen LogP contribution in [0.25, 0.3) is 0 Å². The number of carbonyl (C=O) groups is 2. The molecule has 10 heteroatoms. The number of hydrogen-bond acceptors (Lipinski definition) is 8. The highest BCUT2D eigenvalue weighted by Gasteiger charge is 2.26. The summed E-state index contributed by atoms with van der Waals surface area (Å²) >= 11 is 0. The number of phosphoric acid groups is 1. The molecule has 0 saturated carbocycles. The van der Waals surface area contributed by atoms with Crippen LogP contribution in [0.2, 0.25) is 0 Å². The Kier molecular flexibility index (Phi) is 66.5. The Labute approximate surface area is 513 Å². The third kappa shape index (κ3) is 68.4. The van der Waals surface area contributed by atoms with Gasteiger partial charge in [0.15, 0.2) is 6.10 Å². The van der Waals surface area contributed by atoms with Crippen molar-refractivity contribution in [2.24, 2.45) is 5.73 Å². The first-order valence-electron chi connectivity index (χ1n) is 35.4. The average molecular weight is 1180 g/mol. The highest BCUT2D eigenvalue weighted by molar-refractivity contribution is 7.47. The Morgan fingerprint density at radius 3 is 1.00 bits per heavy atom. The molecular formula is C73H134NO8P. The Morgan fingerprint density at radius 2 is 0.663 bits per heavy atom. The van der Waals surface area contributed by atoms with Gasteiger partial charge in [-0.05, 0) is 83.5 Å².